The van der Waals surface area contributed by atoms with Crippen molar-refractivity contribution >= 4 is 16.6 Å². The molecule has 1 N–H and O–H groups in total. The van der Waals surface area contributed by atoms with Gasteiger partial charge in [0, 0.05) is 35.7 Å². The van der Waals surface area contributed by atoms with Gasteiger partial charge in [-0.05, 0) is 32.0 Å². The van der Waals surface area contributed by atoms with Crippen molar-refractivity contribution in [2.24, 2.45) is 0 Å². The summed E-state index contributed by atoms with van der Waals surface area (Å²) in [5.41, 5.74) is -0.805. The van der Waals surface area contributed by atoms with Crippen LogP contribution >= 0.6 is 0 Å². The van der Waals surface area contributed by atoms with Crippen LogP contribution in [0.5, 0.6) is 0 Å². The SMILES string of the molecule is CC(C)N(C)c1ccc2[nH]c(=O)cc(C(F)(F)F)c2c1. The van der Waals surface area contributed by atoms with Crippen molar-refractivity contribution in [2.45, 2.75) is 26.1 Å². The van der Waals surface area contributed by atoms with Gasteiger partial charge in [-0.25, -0.2) is 0 Å². The van der Waals surface area contributed by atoms with Gasteiger partial charge in [0.25, 0.3) is 0 Å². The molecule has 6 heteroatoms. The van der Waals surface area contributed by atoms with E-state index in [1.54, 1.807) is 6.07 Å². The normalized spacial score (nSPS) is 12.2. The van der Waals surface area contributed by atoms with E-state index in [-0.39, 0.29) is 16.9 Å². The number of hydrogen-bond donors (Lipinski definition) is 1. The van der Waals surface area contributed by atoms with Gasteiger partial charge in [0.2, 0.25) is 5.56 Å². The molecule has 0 fully saturated rings. The highest BCUT2D eigenvalue weighted by molar-refractivity contribution is 5.86. The van der Waals surface area contributed by atoms with Crippen LogP contribution < -0.4 is 10.5 Å². The van der Waals surface area contributed by atoms with Gasteiger partial charge < -0.3 is 9.88 Å². The number of benzene rings is 1. The minimum absolute atomic E-state index is 0.00194. The van der Waals surface area contributed by atoms with E-state index in [1.807, 2.05) is 25.8 Å². The fourth-order valence-corrected chi connectivity index (χ4v) is 1.99. The van der Waals surface area contributed by atoms with Gasteiger partial charge in [-0.3, -0.25) is 4.79 Å². The number of aromatic amines is 1. The second kappa shape index (κ2) is 4.85. The molecule has 0 radical (unpaired) electrons. The van der Waals surface area contributed by atoms with Crippen LogP contribution in [0.4, 0.5) is 18.9 Å². The number of rotatable bonds is 2. The molecule has 0 aliphatic heterocycles. The number of fused-ring (bicyclic) bond motifs is 1. The van der Waals surface area contributed by atoms with Crippen molar-refractivity contribution in [3.05, 3.63) is 40.2 Å². The average Bonchev–Trinajstić information content (AvgIpc) is 2.35. The van der Waals surface area contributed by atoms with Crippen LogP contribution in [-0.4, -0.2) is 18.1 Å². The Morgan fingerprint density at radius 3 is 2.40 bits per heavy atom. The van der Waals surface area contributed by atoms with Crippen LogP contribution in [0.15, 0.2) is 29.1 Å². The highest BCUT2D eigenvalue weighted by Crippen LogP contribution is 2.34. The number of nitrogens with zero attached hydrogens (tertiary/aromatic N) is 1. The van der Waals surface area contributed by atoms with Gasteiger partial charge in [0.15, 0.2) is 0 Å². The number of H-pyrrole nitrogens is 1. The predicted octanol–water partition coefficient (Wildman–Crippen LogP) is 3.39. The molecule has 3 nitrogen and oxygen atoms in total. The van der Waals surface area contributed by atoms with Gasteiger partial charge in [0.05, 0.1) is 5.56 Å². The third-order valence-electron chi connectivity index (χ3n) is 3.31. The van der Waals surface area contributed by atoms with Crippen molar-refractivity contribution in [2.75, 3.05) is 11.9 Å². The first-order valence-corrected chi connectivity index (χ1v) is 6.17. The highest BCUT2D eigenvalue weighted by Gasteiger charge is 2.33. The summed E-state index contributed by atoms with van der Waals surface area (Å²) >= 11 is 0. The molecule has 0 aliphatic rings. The molecule has 1 aromatic carbocycles. The van der Waals surface area contributed by atoms with E-state index in [2.05, 4.69) is 4.98 Å². The Labute approximate surface area is 114 Å². The van der Waals surface area contributed by atoms with Crippen LogP contribution in [0, 0.1) is 0 Å². The van der Waals surface area contributed by atoms with Gasteiger partial charge in [-0.15, -0.1) is 0 Å². The zero-order valence-electron chi connectivity index (χ0n) is 11.4. The Bertz CT molecular complexity index is 689. The summed E-state index contributed by atoms with van der Waals surface area (Å²) in [7, 11) is 1.81. The minimum Gasteiger partial charge on any atom is -0.372 e. The van der Waals surface area contributed by atoms with Gasteiger partial charge in [0.1, 0.15) is 0 Å². The fourth-order valence-electron chi connectivity index (χ4n) is 1.99. The van der Waals surface area contributed by atoms with E-state index in [0.29, 0.717) is 11.8 Å². The molecular weight excluding hydrogens is 269 g/mol. The first-order chi connectivity index (χ1) is 9.20. The molecule has 0 saturated heterocycles. The number of alkyl halides is 3. The van der Waals surface area contributed by atoms with E-state index < -0.39 is 17.3 Å². The van der Waals surface area contributed by atoms with E-state index in [4.69, 9.17) is 0 Å². The summed E-state index contributed by atoms with van der Waals surface area (Å²) in [5, 5.41) is 0.00194. The Kier molecular flexibility index (Phi) is 3.50. The third-order valence-corrected chi connectivity index (χ3v) is 3.31. The maximum Gasteiger partial charge on any atom is 0.417 e. The third kappa shape index (κ3) is 2.64. The summed E-state index contributed by atoms with van der Waals surface area (Å²) in [6, 6.07) is 5.40. The Morgan fingerprint density at radius 2 is 1.85 bits per heavy atom. The average molecular weight is 284 g/mol. The molecule has 0 saturated carbocycles. The monoisotopic (exact) mass is 284 g/mol. The highest BCUT2D eigenvalue weighted by atomic mass is 19.4. The summed E-state index contributed by atoms with van der Waals surface area (Å²) in [5.74, 6) is 0. The topological polar surface area (TPSA) is 36.1 Å². The van der Waals surface area contributed by atoms with E-state index in [9.17, 15) is 18.0 Å². The molecule has 108 valence electrons. The Hall–Kier alpha value is -1.98. The van der Waals surface area contributed by atoms with Crippen molar-refractivity contribution in [1.82, 2.24) is 4.98 Å². The lowest BCUT2D eigenvalue weighted by atomic mass is 10.1. The fraction of sp³-hybridized carbons (Fsp3) is 0.357. The van der Waals surface area contributed by atoms with Crippen LogP contribution in [-0.2, 0) is 6.18 Å². The summed E-state index contributed by atoms with van der Waals surface area (Å²) in [6.07, 6.45) is -4.55. The van der Waals surface area contributed by atoms with Crippen LogP contribution in [0.1, 0.15) is 19.4 Å². The quantitative estimate of drug-likeness (QED) is 0.917. The smallest absolute Gasteiger partial charge is 0.372 e. The second-order valence-corrected chi connectivity index (χ2v) is 4.98. The number of anilines is 1. The summed E-state index contributed by atoms with van der Waals surface area (Å²) < 4.78 is 39.1. The largest absolute Gasteiger partial charge is 0.417 e. The Morgan fingerprint density at radius 1 is 1.20 bits per heavy atom. The molecule has 0 amide bonds. The molecule has 1 aromatic heterocycles. The first kappa shape index (κ1) is 14.4. The predicted molar refractivity (Wildman–Crippen MR) is 73.1 cm³/mol. The maximum atomic E-state index is 13.0. The molecule has 20 heavy (non-hydrogen) atoms. The van der Waals surface area contributed by atoms with Gasteiger partial charge >= 0.3 is 6.18 Å². The molecule has 2 rings (SSSR count). The molecule has 1 heterocycles. The number of nitrogens with one attached hydrogen (secondary N) is 1. The van der Waals surface area contributed by atoms with Crippen molar-refractivity contribution in [3.8, 4) is 0 Å². The lowest BCUT2D eigenvalue weighted by molar-refractivity contribution is -0.136. The number of hydrogen-bond acceptors (Lipinski definition) is 2. The molecule has 2 aromatic rings. The molecule has 0 bridgehead atoms. The molecule has 0 aliphatic carbocycles. The summed E-state index contributed by atoms with van der Waals surface area (Å²) in [6.45, 7) is 3.89. The lowest BCUT2D eigenvalue weighted by Crippen LogP contribution is -2.25. The number of halogens is 3. The van der Waals surface area contributed by atoms with Crippen molar-refractivity contribution < 1.29 is 13.2 Å². The molecule has 0 atom stereocenters. The van der Waals surface area contributed by atoms with E-state index in [1.165, 1.54) is 12.1 Å². The first-order valence-electron chi connectivity index (χ1n) is 6.17. The zero-order chi connectivity index (χ0) is 15.1. The van der Waals surface area contributed by atoms with E-state index >= 15 is 0 Å². The minimum atomic E-state index is -4.55. The van der Waals surface area contributed by atoms with Crippen molar-refractivity contribution in [3.63, 3.8) is 0 Å². The summed E-state index contributed by atoms with van der Waals surface area (Å²) in [4.78, 5) is 15.6. The van der Waals surface area contributed by atoms with Gasteiger partial charge in [-0.1, -0.05) is 0 Å². The van der Waals surface area contributed by atoms with Gasteiger partial charge in [-0.2, -0.15) is 13.2 Å². The number of pyridine rings is 1. The standard InChI is InChI=1S/C14H15F3N2O/c1-8(2)19(3)9-4-5-12-10(6-9)11(14(15,16)17)7-13(20)18-12/h4-8H,1-3H3,(H,18,20). The molecule has 0 spiro atoms. The number of aromatic nitrogens is 1. The zero-order valence-corrected chi connectivity index (χ0v) is 11.4. The Balaban J connectivity index is 2.73. The van der Waals surface area contributed by atoms with Crippen molar-refractivity contribution in [1.29, 1.82) is 0 Å². The van der Waals surface area contributed by atoms with Crippen LogP contribution in [0.3, 0.4) is 0 Å². The molecular formula is C14H15F3N2O. The van der Waals surface area contributed by atoms with E-state index in [0.717, 1.165) is 0 Å². The molecule has 0 unspecified atom stereocenters. The van der Waals surface area contributed by atoms with Crippen LogP contribution in [0.2, 0.25) is 0 Å². The maximum absolute atomic E-state index is 13.0. The lowest BCUT2D eigenvalue weighted by Gasteiger charge is -2.24. The van der Waals surface area contributed by atoms with Crippen LogP contribution in [0.25, 0.3) is 10.9 Å². The second-order valence-electron chi connectivity index (χ2n) is 4.98.